The van der Waals surface area contributed by atoms with Crippen molar-refractivity contribution in [2.75, 3.05) is 17.6 Å². The molecule has 0 radical (unpaired) electrons. The highest BCUT2D eigenvalue weighted by Gasteiger charge is 2.18. The summed E-state index contributed by atoms with van der Waals surface area (Å²) in [6.45, 7) is 3.42. The van der Waals surface area contributed by atoms with Crippen LogP contribution in [-0.4, -0.2) is 11.5 Å². The van der Waals surface area contributed by atoms with Gasteiger partial charge in [-0.15, -0.1) is 0 Å². The number of nitrogen functional groups attached to an aromatic ring is 1. The molecule has 3 N–H and O–H groups in total. The largest absolute Gasteiger partial charge is 0.398 e. The fraction of sp³-hybridized carbons (Fsp3) is 0.471. The van der Waals surface area contributed by atoms with Crippen molar-refractivity contribution in [3.8, 4) is 0 Å². The van der Waals surface area contributed by atoms with E-state index in [0.717, 1.165) is 40.5 Å². The van der Waals surface area contributed by atoms with Crippen molar-refractivity contribution in [3.05, 3.63) is 30.6 Å². The molecule has 0 amide bonds. The van der Waals surface area contributed by atoms with E-state index >= 15 is 0 Å². The van der Waals surface area contributed by atoms with Crippen molar-refractivity contribution in [2.45, 2.75) is 32.6 Å². The second-order valence-corrected chi connectivity index (χ2v) is 6.14. The van der Waals surface area contributed by atoms with Crippen LogP contribution in [0.5, 0.6) is 0 Å². The average molecular weight is 269 g/mol. The second kappa shape index (κ2) is 5.70. The zero-order valence-corrected chi connectivity index (χ0v) is 12.1. The maximum Gasteiger partial charge on any atom is 0.0437 e. The maximum absolute atomic E-state index is 6.03. The van der Waals surface area contributed by atoms with Crippen molar-refractivity contribution < 1.29 is 0 Å². The van der Waals surface area contributed by atoms with Crippen LogP contribution in [0.1, 0.15) is 32.6 Å². The predicted molar refractivity (Wildman–Crippen MR) is 85.8 cm³/mol. The van der Waals surface area contributed by atoms with E-state index in [9.17, 15) is 0 Å². The Morgan fingerprint density at radius 3 is 3.00 bits per heavy atom. The van der Waals surface area contributed by atoms with E-state index in [4.69, 9.17) is 5.73 Å². The third-order valence-corrected chi connectivity index (χ3v) is 4.48. The van der Waals surface area contributed by atoms with Crippen LogP contribution in [0.3, 0.4) is 0 Å². The highest BCUT2D eigenvalue weighted by Crippen LogP contribution is 2.31. The molecule has 2 aromatic rings. The Morgan fingerprint density at radius 1 is 1.25 bits per heavy atom. The van der Waals surface area contributed by atoms with E-state index in [1.54, 1.807) is 6.20 Å². The van der Waals surface area contributed by atoms with Crippen molar-refractivity contribution >= 4 is 22.1 Å². The molecule has 106 valence electrons. The lowest BCUT2D eigenvalue weighted by molar-refractivity contribution is 0.293. The number of hydrogen-bond donors (Lipinski definition) is 2. The normalized spacial score (nSPS) is 22.9. The summed E-state index contributed by atoms with van der Waals surface area (Å²) in [5, 5.41) is 5.82. The van der Waals surface area contributed by atoms with Gasteiger partial charge in [-0.1, -0.05) is 19.8 Å². The molecule has 1 aromatic heterocycles. The van der Waals surface area contributed by atoms with Crippen LogP contribution in [0.4, 0.5) is 11.4 Å². The molecule has 1 saturated carbocycles. The SMILES string of the molecule is CC1CCCC(CNc2ccc(N)c3ccncc23)C1. The topological polar surface area (TPSA) is 50.9 Å². The van der Waals surface area contributed by atoms with Gasteiger partial charge in [0.25, 0.3) is 0 Å². The van der Waals surface area contributed by atoms with Crippen LogP contribution in [-0.2, 0) is 0 Å². The molecule has 0 aliphatic heterocycles. The molecule has 1 heterocycles. The summed E-state index contributed by atoms with van der Waals surface area (Å²) in [6, 6.07) is 6.04. The Balaban J connectivity index is 1.76. The fourth-order valence-corrected chi connectivity index (χ4v) is 3.37. The van der Waals surface area contributed by atoms with Crippen LogP contribution in [0.15, 0.2) is 30.6 Å². The monoisotopic (exact) mass is 269 g/mol. The van der Waals surface area contributed by atoms with E-state index in [0.29, 0.717) is 0 Å². The number of fused-ring (bicyclic) bond motifs is 1. The lowest BCUT2D eigenvalue weighted by atomic mass is 9.82. The number of hydrogen-bond acceptors (Lipinski definition) is 3. The molecule has 3 nitrogen and oxygen atoms in total. The van der Waals surface area contributed by atoms with Gasteiger partial charge >= 0.3 is 0 Å². The quantitative estimate of drug-likeness (QED) is 0.826. The summed E-state index contributed by atoms with van der Waals surface area (Å²) in [6.07, 6.45) is 9.16. The minimum atomic E-state index is 0.794. The smallest absolute Gasteiger partial charge is 0.0437 e. The Kier molecular flexibility index (Phi) is 3.77. The number of nitrogens with two attached hydrogens (primary N) is 1. The highest BCUT2D eigenvalue weighted by molar-refractivity contribution is 6.00. The van der Waals surface area contributed by atoms with Gasteiger partial charge in [-0.2, -0.15) is 0 Å². The maximum atomic E-state index is 6.03. The summed E-state index contributed by atoms with van der Waals surface area (Å²) in [7, 11) is 0. The average Bonchev–Trinajstić information content (AvgIpc) is 2.47. The van der Waals surface area contributed by atoms with E-state index in [1.807, 2.05) is 18.3 Å². The molecule has 2 atom stereocenters. The second-order valence-electron chi connectivity index (χ2n) is 6.14. The summed E-state index contributed by atoms with van der Waals surface area (Å²) in [4.78, 5) is 4.23. The van der Waals surface area contributed by atoms with Gasteiger partial charge in [-0.25, -0.2) is 0 Å². The third-order valence-electron chi connectivity index (χ3n) is 4.48. The van der Waals surface area contributed by atoms with Crippen molar-refractivity contribution in [2.24, 2.45) is 11.8 Å². The molecule has 0 bridgehead atoms. The van der Waals surface area contributed by atoms with Gasteiger partial charge in [0.2, 0.25) is 0 Å². The first-order valence-electron chi connectivity index (χ1n) is 7.60. The number of rotatable bonds is 3. The first-order chi connectivity index (χ1) is 9.74. The fourth-order valence-electron chi connectivity index (χ4n) is 3.37. The number of nitrogens with zero attached hydrogens (tertiary/aromatic N) is 1. The molecule has 0 spiro atoms. The molecule has 1 aliphatic carbocycles. The summed E-state index contributed by atoms with van der Waals surface area (Å²) in [5.41, 5.74) is 8.00. The minimum absolute atomic E-state index is 0.794. The molecule has 1 aromatic carbocycles. The summed E-state index contributed by atoms with van der Waals surface area (Å²) < 4.78 is 0. The van der Waals surface area contributed by atoms with Gasteiger partial charge in [0.05, 0.1) is 0 Å². The Morgan fingerprint density at radius 2 is 2.15 bits per heavy atom. The van der Waals surface area contributed by atoms with Crippen LogP contribution in [0.2, 0.25) is 0 Å². The molecule has 2 unspecified atom stereocenters. The minimum Gasteiger partial charge on any atom is -0.398 e. The molecule has 3 heteroatoms. The van der Waals surface area contributed by atoms with E-state index in [-0.39, 0.29) is 0 Å². The molecule has 0 saturated heterocycles. The van der Waals surface area contributed by atoms with Gasteiger partial charge in [0, 0.05) is 41.1 Å². The van der Waals surface area contributed by atoms with E-state index in [1.165, 1.54) is 25.7 Å². The third kappa shape index (κ3) is 2.72. The van der Waals surface area contributed by atoms with Crippen molar-refractivity contribution in [1.82, 2.24) is 4.98 Å². The molecule has 1 aliphatic rings. The lowest BCUT2D eigenvalue weighted by Gasteiger charge is -2.27. The standard InChI is InChI=1S/C17H23N3/c1-12-3-2-4-13(9-12)10-20-17-6-5-16(18)14-7-8-19-11-15(14)17/h5-8,11-13,20H,2-4,9-10,18H2,1H3. The molecular formula is C17H23N3. The number of nitrogens with one attached hydrogen (secondary N) is 1. The Hall–Kier alpha value is -1.77. The summed E-state index contributed by atoms with van der Waals surface area (Å²) in [5.74, 6) is 1.67. The van der Waals surface area contributed by atoms with Gasteiger partial charge in [0.1, 0.15) is 0 Å². The number of anilines is 2. The summed E-state index contributed by atoms with van der Waals surface area (Å²) >= 11 is 0. The number of pyridine rings is 1. The van der Waals surface area contributed by atoms with Gasteiger partial charge in [0.15, 0.2) is 0 Å². The molecular weight excluding hydrogens is 246 g/mol. The molecule has 20 heavy (non-hydrogen) atoms. The Bertz CT molecular complexity index is 594. The number of benzene rings is 1. The predicted octanol–water partition coefficient (Wildman–Crippen LogP) is 4.06. The van der Waals surface area contributed by atoms with Crippen molar-refractivity contribution in [1.29, 1.82) is 0 Å². The lowest BCUT2D eigenvalue weighted by Crippen LogP contribution is -2.21. The van der Waals surface area contributed by atoms with Crippen LogP contribution >= 0.6 is 0 Å². The van der Waals surface area contributed by atoms with E-state index < -0.39 is 0 Å². The van der Waals surface area contributed by atoms with Gasteiger partial charge in [-0.3, -0.25) is 4.98 Å². The zero-order valence-electron chi connectivity index (χ0n) is 12.1. The Labute approximate surface area is 120 Å². The first kappa shape index (κ1) is 13.2. The highest BCUT2D eigenvalue weighted by atomic mass is 14.9. The van der Waals surface area contributed by atoms with Crippen LogP contribution in [0, 0.1) is 11.8 Å². The molecule has 1 fully saturated rings. The van der Waals surface area contributed by atoms with Gasteiger partial charge < -0.3 is 11.1 Å². The van der Waals surface area contributed by atoms with Crippen LogP contribution < -0.4 is 11.1 Å². The zero-order chi connectivity index (χ0) is 13.9. The van der Waals surface area contributed by atoms with E-state index in [2.05, 4.69) is 23.3 Å². The van der Waals surface area contributed by atoms with Crippen molar-refractivity contribution in [3.63, 3.8) is 0 Å². The number of aromatic nitrogens is 1. The van der Waals surface area contributed by atoms with Gasteiger partial charge in [-0.05, 0) is 42.9 Å². The first-order valence-corrected chi connectivity index (χ1v) is 7.60. The van der Waals surface area contributed by atoms with Crippen LogP contribution in [0.25, 0.3) is 10.8 Å². The molecule has 3 rings (SSSR count).